The average Bonchev–Trinajstić information content (AvgIpc) is 2.66. The lowest BCUT2D eigenvalue weighted by atomic mass is 10.1. The highest BCUT2D eigenvalue weighted by Crippen LogP contribution is 2.23. The maximum atomic E-state index is 13.0. The third-order valence-electron chi connectivity index (χ3n) is 4.61. The molecule has 1 atom stereocenters. The largest absolute Gasteiger partial charge is 0.347 e. The number of carbonyl (C=O) groups is 2. The van der Waals surface area contributed by atoms with Gasteiger partial charge < -0.3 is 10.6 Å². The Morgan fingerprint density at radius 3 is 2.13 bits per heavy atom. The molecule has 2 rings (SSSR count). The predicted octanol–water partition coefficient (Wildman–Crippen LogP) is 3.57. The molecule has 168 valence electrons. The second kappa shape index (κ2) is 9.51. The van der Waals surface area contributed by atoms with Crippen molar-refractivity contribution >= 4 is 33.2 Å². The Morgan fingerprint density at radius 2 is 1.61 bits per heavy atom. The molecule has 7 nitrogen and oxygen atoms in total. The van der Waals surface area contributed by atoms with Crippen LogP contribution in [0.1, 0.15) is 50.5 Å². The van der Waals surface area contributed by atoms with Crippen LogP contribution in [0.4, 0.5) is 11.4 Å². The molecule has 2 aromatic carbocycles. The summed E-state index contributed by atoms with van der Waals surface area (Å²) in [4.78, 5) is 25.6. The molecule has 8 heteroatoms. The van der Waals surface area contributed by atoms with Gasteiger partial charge in [-0.2, -0.15) is 0 Å². The zero-order chi connectivity index (χ0) is 23.4. The number of nitrogens with zero attached hydrogens (tertiary/aromatic N) is 1. The molecule has 0 aliphatic heterocycles. The van der Waals surface area contributed by atoms with Crippen LogP contribution in [0.2, 0.25) is 0 Å². The first-order chi connectivity index (χ1) is 14.3. The highest BCUT2D eigenvalue weighted by atomic mass is 32.2. The van der Waals surface area contributed by atoms with Gasteiger partial charge in [0.2, 0.25) is 15.9 Å². The van der Waals surface area contributed by atoms with Crippen LogP contribution in [-0.4, -0.2) is 38.1 Å². The van der Waals surface area contributed by atoms with Crippen molar-refractivity contribution in [2.45, 2.75) is 52.6 Å². The number of anilines is 2. The number of aryl methyl sites for hydroxylation is 1. The minimum absolute atomic E-state index is 0.302. The Labute approximate surface area is 184 Å². The maximum Gasteiger partial charge on any atom is 0.253 e. The summed E-state index contributed by atoms with van der Waals surface area (Å²) in [5.41, 5.74) is 1.64. The zero-order valence-corrected chi connectivity index (χ0v) is 19.7. The van der Waals surface area contributed by atoms with Crippen LogP contribution in [0.3, 0.4) is 0 Å². The van der Waals surface area contributed by atoms with E-state index in [-0.39, 0.29) is 5.91 Å². The Hall–Kier alpha value is -2.87. The van der Waals surface area contributed by atoms with Crippen molar-refractivity contribution in [3.05, 3.63) is 59.7 Å². The van der Waals surface area contributed by atoms with Crippen molar-refractivity contribution in [1.29, 1.82) is 0 Å². The topological polar surface area (TPSA) is 95.6 Å². The first-order valence-electron chi connectivity index (χ1n) is 10.1. The number of para-hydroxylation sites is 1. The lowest BCUT2D eigenvalue weighted by Gasteiger charge is -2.28. The number of amides is 2. The molecule has 0 unspecified atom stereocenters. The van der Waals surface area contributed by atoms with Crippen LogP contribution >= 0.6 is 0 Å². The standard InChI is InChI=1S/C23H31N3O4S/c1-7-17-12-14-18(15-13-17)26(31(6,29)30)16(2)21(27)24-20-11-9-8-10-19(20)22(28)25-23(3,4)5/h8-16H,7H2,1-6H3,(H,24,27)(H,25,28)/t16-/m0/s1. The zero-order valence-electron chi connectivity index (χ0n) is 18.9. The van der Waals surface area contributed by atoms with Crippen molar-refractivity contribution in [3.8, 4) is 0 Å². The van der Waals surface area contributed by atoms with Gasteiger partial charge in [0.15, 0.2) is 0 Å². The van der Waals surface area contributed by atoms with Gasteiger partial charge in [0.1, 0.15) is 6.04 Å². The summed E-state index contributed by atoms with van der Waals surface area (Å²) >= 11 is 0. The highest BCUT2D eigenvalue weighted by molar-refractivity contribution is 7.92. The fourth-order valence-electron chi connectivity index (χ4n) is 3.12. The highest BCUT2D eigenvalue weighted by Gasteiger charge is 2.30. The smallest absolute Gasteiger partial charge is 0.253 e. The summed E-state index contributed by atoms with van der Waals surface area (Å²) in [7, 11) is -3.73. The van der Waals surface area contributed by atoms with Crippen molar-refractivity contribution in [3.63, 3.8) is 0 Å². The lowest BCUT2D eigenvalue weighted by molar-refractivity contribution is -0.116. The summed E-state index contributed by atoms with van der Waals surface area (Å²) in [6, 6.07) is 12.7. The maximum absolute atomic E-state index is 13.0. The first-order valence-corrected chi connectivity index (χ1v) is 12.0. The Kier molecular flexibility index (Phi) is 7.49. The van der Waals surface area contributed by atoms with Gasteiger partial charge in [-0.05, 0) is 63.9 Å². The van der Waals surface area contributed by atoms with Gasteiger partial charge in [-0.15, -0.1) is 0 Å². The predicted molar refractivity (Wildman–Crippen MR) is 125 cm³/mol. The van der Waals surface area contributed by atoms with Gasteiger partial charge in [0.05, 0.1) is 23.2 Å². The molecule has 2 amide bonds. The van der Waals surface area contributed by atoms with Crippen LogP contribution in [0.5, 0.6) is 0 Å². The molecule has 0 saturated carbocycles. The van der Waals surface area contributed by atoms with Crippen molar-refractivity contribution in [1.82, 2.24) is 5.32 Å². The van der Waals surface area contributed by atoms with Gasteiger partial charge in [-0.1, -0.05) is 31.2 Å². The van der Waals surface area contributed by atoms with E-state index in [9.17, 15) is 18.0 Å². The fourth-order valence-corrected chi connectivity index (χ4v) is 4.30. The van der Waals surface area contributed by atoms with Crippen molar-refractivity contribution in [2.75, 3.05) is 15.9 Å². The normalized spacial score (nSPS) is 12.7. The van der Waals surface area contributed by atoms with Crippen LogP contribution in [0.15, 0.2) is 48.5 Å². The SMILES string of the molecule is CCc1ccc(N([C@@H](C)C(=O)Nc2ccccc2C(=O)NC(C)(C)C)S(C)(=O)=O)cc1. The van der Waals surface area contributed by atoms with E-state index in [4.69, 9.17) is 0 Å². The number of hydrogen-bond donors (Lipinski definition) is 2. The molecule has 0 aromatic heterocycles. The molecular formula is C23H31N3O4S. The van der Waals surface area contributed by atoms with E-state index in [0.29, 0.717) is 16.9 Å². The Bertz CT molecular complexity index is 1040. The summed E-state index contributed by atoms with van der Waals surface area (Å²) < 4.78 is 26.1. The van der Waals surface area contributed by atoms with Gasteiger partial charge in [0, 0.05) is 5.54 Å². The second-order valence-electron chi connectivity index (χ2n) is 8.49. The summed E-state index contributed by atoms with van der Waals surface area (Å²) in [5, 5.41) is 5.58. The fraction of sp³-hybridized carbons (Fsp3) is 0.391. The number of rotatable bonds is 7. The quantitative estimate of drug-likeness (QED) is 0.681. The number of sulfonamides is 1. The molecule has 0 saturated heterocycles. The van der Waals surface area contributed by atoms with E-state index >= 15 is 0 Å². The molecule has 0 aliphatic rings. The van der Waals surface area contributed by atoms with E-state index < -0.39 is 27.5 Å². The molecule has 0 radical (unpaired) electrons. The van der Waals surface area contributed by atoms with Crippen LogP contribution in [0.25, 0.3) is 0 Å². The lowest BCUT2D eigenvalue weighted by Crippen LogP contribution is -2.45. The van der Waals surface area contributed by atoms with Crippen molar-refractivity contribution < 1.29 is 18.0 Å². The minimum atomic E-state index is -3.73. The number of carbonyl (C=O) groups excluding carboxylic acids is 2. The molecule has 0 bridgehead atoms. The first kappa shape index (κ1) is 24.4. The molecular weight excluding hydrogens is 414 g/mol. The van der Waals surface area contributed by atoms with Gasteiger partial charge in [-0.25, -0.2) is 8.42 Å². The second-order valence-corrected chi connectivity index (χ2v) is 10.4. The summed E-state index contributed by atoms with van der Waals surface area (Å²) in [6.45, 7) is 9.11. The third kappa shape index (κ3) is 6.55. The van der Waals surface area contributed by atoms with Gasteiger partial charge in [-0.3, -0.25) is 13.9 Å². The number of benzene rings is 2. The third-order valence-corrected chi connectivity index (χ3v) is 5.85. The van der Waals surface area contributed by atoms with Gasteiger partial charge in [0.25, 0.3) is 5.91 Å². The number of nitrogens with one attached hydrogen (secondary N) is 2. The van der Waals surface area contributed by atoms with Crippen LogP contribution in [-0.2, 0) is 21.2 Å². The molecule has 2 N–H and O–H groups in total. The van der Waals surface area contributed by atoms with E-state index in [2.05, 4.69) is 10.6 Å². The molecule has 0 heterocycles. The Balaban J connectivity index is 2.32. The van der Waals surface area contributed by atoms with E-state index in [1.165, 1.54) is 6.92 Å². The van der Waals surface area contributed by atoms with E-state index in [1.54, 1.807) is 36.4 Å². The summed E-state index contributed by atoms with van der Waals surface area (Å²) in [5.74, 6) is -0.868. The van der Waals surface area contributed by atoms with E-state index in [0.717, 1.165) is 22.5 Å². The van der Waals surface area contributed by atoms with Crippen LogP contribution < -0.4 is 14.9 Å². The Morgan fingerprint density at radius 1 is 1.03 bits per heavy atom. The molecule has 0 fully saturated rings. The molecule has 2 aromatic rings. The summed E-state index contributed by atoms with van der Waals surface area (Å²) in [6.07, 6.45) is 1.89. The number of hydrogen-bond acceptors (Lipinski definition) is 4. The van der Waals surface area contributed by atoms with Gasteiger partial charge >= 0.3 is 0 Å². The molecule has 0 spiro atoms. The average molecular weight is 446 g/mol. The molecule has 0 aliphatic carbocycles. The van der Waals surface area contributed by atoms with Crippen LogP contribution in [0, 0.1) is 0 Å². The molecule has 31 heavy (non-hydrogen) atoms. The van der Waals surface area contributed by atoms with Crippen molar-refractivity contribution in [2.24, 2.45) is 0 Å². The minimum Gasteiger partial charge on any atom is -0.347 e. The monoisotopic (exact) mass is 445 g/mol. The van der Waals surface area contributed by atoms with E-state index in [1.807, 2.05) is 39.8 Å².